The lowest BCUT2D eigenvalue weighted by Gasteiger charge is -2.28. The number of nitrogens with one attached hydrogen (secondary N) is 1. The molecular weight excluding hydrogens is 304 g/mol. The molecule has 5 nitrogen and oxygen atoms in total. The first-order chi connectivity index (χ1) is 11.2. The summed E-state index contributed by atoms with van der Waals surface area (Å²) >= 11 is 0. The molecule has 1 rings (SSSR count). The number of rotatable bonds is 9. The molecule has 5 heteroatoms. The third-order valence-electron chi connectivity index (χ3n) is 3.89. The van der Waals surface area contributed by atoms with Gasteiger partial charge in [0.25, 0.3) is 6.47 Å². The Morgan fingerprint density at radius 1 is 1.21 bits per heavy atom. The standard InChI is InChI=1S/C14H30N2O.C5H10O2/c1-13(2)12-15-7-11-17-10-6-14-4-8-16(3)9-5-14;1-5(2,3)7-4-6/h13-15H,4-12H2,1-3H3;4H,1-3H3. The van der Waals surface area contributed by atoms with Gasteiger partial charge < -0.3 is 19.7 Å². The molecule has 0 unspecified atom stereocenters. The molecule has 1 saturated heterocycles. The number of carbonyl (C=O) groups excluding carboxylic acids is 1. The Balaban J connectivity index is 0.000000640. The number of hydrogen-bond donors (Lipinski definition) is 1. The highest BCUT2D eigenvalue weighted by atomic mass is 16.5. The molecule has 1 aliphatic rings. The van der Waals surface area contributed by atoms with E-state index in [1.165, 1.54) is 32.4 Å². The van der Waals surface area contributed by atoms with Gasteiger partial charge in [-0.15, -0.1) is 0 Å². The van der Waals surface area contributed by atoms with E-state index in [1.807, 2.05) is 20.8 Å². The fraction of sp³-hybridized carbons (Fsp3) is 0.947. The lowest BCUT2D eigenvalue weighted by atomic mass is 9.94. The van der Waals surface area contributed by atoms with Crippen molar-refractivity contribution in [1.82, 2.24) is 10.2 Å². The van der Waals surface area contributed by atoms with Crippen LogP contribution in [0.1, 0.15) is 53.9 Å². The Morgan fingerprint density at radius 3 is 2.29 bits per heavy atom. The van der Waals surface area contributed by atoms with Gasteiger partial charge in [0, 0.05) is 13.2 Å². The number of carbonyl (C=O) groups is 1. The summed E-state index contributed by atoms with van der Waals surface area (Å²) in [4.78, 5) is 12.0. The molecular formula is C19H40N2O3. The first-order valence-electron chi connectivity index (χ1n) is 9.33. The highest BCUT2D eigenvalue weighted by Crippen LogP contribution is 2.19. The summed E-state index contributed by atoms with van der Waals surface area (Å²) in [7, 11) is 2.22. The van der Waals surface area contributed by atoms with Crippen LogP contribution >= 0.6 is 0 Å². The number of ether oxygens (including phenoxy) is 2. The van der Waals surface area contributed by atoms with E-state index >= 15 is 0 Å². The molecule has 1 N–H and O–H groups in total. The fourth-order valence-corrected chi connectivity index (χ4v) is 2.38. The maximum atomic E-state index is 9.60. The molecule has 0 radical (unpaired) electrons. The molecule has 0 bridgehead atoms. The summed E-state index contributed by atoms with van der Waals surface area (Å²) in [6.45, 7) is 16.8. The third kappa shape index (κ3) is 16.2. The van der Waals surface area contributed by atoms with E-state index in [2.05, 4.69) is 35.8 Å². The second-order valence-electron chi connectivity index (χ2n) is 8.07. The van der Waals surface area contributed by atoms with E-state index in [9.17, 15) is 4.79 Å². The third-order valence-corrected chi connectivity index (χ3v) is 3.89. The van der Waals surface area contributed by atoms with Crippen molar-refractivity contribution >= 4 is 6.47 Å². The second-order valence-corrected chi connectivity index (χ2v) is 8.07. The van der Waals surface area contributed by atoms with Crippen molar-refractivity contribution < 1.29 is 14.3 Å². The number of likely N-dealkylation sites (tertiary alicyclic amines) is 1. The lowest BCUT2D eigenvalue weighted by molar-refractivity contribution is -0.138. The molecule has 0 aliphatic carbocycles. The second kappa shape index (κ2) is 13.6. The zero-order chi connectivity index (χ0) is 18.4. The van der Waals surface area contributed by atoms with Gasteiger partial charge >= 0.3 is 0 Å². The number of piperidine rings is 1. The van der Waals surface area contributed by atoms with Crippen molar-refractivity contribution in [2.75, 3.05) is 46.4 Å². The topological polar surface area (TPSA) is 50.8 Å². The van der Waals surface area contributed by atoms with Crippen LogP contribution in [0.15, 0.2) is 0 Å². The summed E-state index contributed by atoms with van der Waals surface area (Å²) in [5.41, 5.74) is -0.318. The van der Waals surface area contributed by atoms with Crippen LogP contribution in [0.3, 0.4) is 0 Å². The minimum absolute atomic E-state index is 0.318. The molecule has 0 amide bonds. The Hall–Kier alpha value is -0.650. The van der Waals surface area contributed by atoms with E-state index in [4.69, 9.17) is 4.74 Å². The normalized spacial score (nSPS) is 16.6. The zero-order valence-corrected chi connectivity index (χ0v) is 16.8. The average Bonchev–Trinajstić information content (AvgIpc) is 2.47. The molecule has 1 heterocycles. The Bertz CT molecular complexity index is 295. The maximum absolute atomic E-state index is 9.60. The first kappa shape index (κ1) is 23.4. The van der Waals surface area contributed by atoms with Crippen LogP contribution in [0.25, 0.3) is 0 Å². The largest absolute Gasteiger partial charge is 0.462 e. The van der Waals surface area contributed by atoms with Gasteiger partial charge in [-0.2, -0.15) is 0 Å². The maximum Gasteiger partial charge on any atom is 0.293 e. The molecule has 0 aromatic rings. The van der Waals surface area contributed by atoms with Gasteiger partial charge in [0.05, 0.1) is 6.61 Å². The smallest absolute Gasteiger partial charge is 0.293 e. The van der Waals surface area contributed by atoms with Crippen LogP contribution in [-0.2, 0) is 14.3 Å². The van der Waals surface area contributed by atoms with Crippen molar-refractivity contribution in [2.45, 2.75) is 59.5 Å². The van der Waals surface area contributed by atoms with Gasteiger partial charge in [-0.05, 0) is 78.6 Å². The molecule has 0 atom stereocenters. The quantitative estimate of drug-likeness (QED) is 0.515. The Morgan fingerprint density at radius 2 is 1.83 bits per heavy atom. The lowest BCUT2D eigenvalue weighted by Crippen LogP contribution is -2.30. The SMILES string of the molecule is CC(C)(C)OC=O.CC(C)CNCCOCCC1CCN(C)CC1. The van der Waals surface area contributed by atoms with Gasteiger partial charge in [-0.1, -0.05) is 13.8 Å². The average molecular weight is 345 g/mol. The monoisotopic (exact) mass is 344 g/mol. The van der Waals surface area contributed by atoms with Gasteiger partial charge in [0.2, 0.25) is 0 Å². The summed E-state index contributed by atoms with van der Waals surface area (Å²) in [6, 6.07) is 0. The van der Waals surface area contributed by atoms with Gasteiger partial charge in [0.1, 0.15) is 5.60 Å². The van der Waals surface area contributed by atoms with E-state index in [0.717, 1.165) is 38.1 Å². The zero-order valence-electron chi connectivity index (χ0n) is 16.8. The van der Waals surface area contributed by atoms with Crippen LogP contribution in [-0.4, -0.2) is 63.4 Å². The van der Waals surface area contributed by atoms with Gasteiger partial charge in [-0.25, -0.2) is 0 Å². The molecule has 1 aliphatic heterocycles. The predicted molar refractivity (Wildman–Crippen MR) is 100 cm³/mol. The van der Waals surface area contributed by atoms with Crippen molar-refractivity contribution in [3.8, 4) is 0 Å². The molecule has 0 aromatic heterocycles. The Kier molecular flexibility index (Phi) is 13.3. The summed E-state index contributed by atoms with van der Waals surface area (Å²) in [5.74, 6) is 1.63. The Labute approximate surface area is 149 Å². The summed E-state index contributed by atoms with van der Waals surface area (Å²) < 4.78 is 10.2. The van der Waals surface area contributed by atoms with Crippen LogP contribution < -0.4 is 5.32 Å². The van der Waals surface area contributed by atoms with E-state index < -0.39 is 0 Å². The van der Waals surface area contributed by atoms with Crippen LogP contribution in [0.2, 0.25) is 0 Å². The molecule has 24 heavy (non-hydrogen) atoms. The summed E-state index contributed by atoms with van der Waals surface area (Å²) in [5, 5.41) is 3.40. The highest BCUT2D eigenvalue weighted by Gasteiger charge is 2.15. The number of nitrogens with zero attached hydrogens (tertiary/aromatic N) is 1. The molecule has 0 saturated carbocycles. The summed E-state index contributed by atoms with van der Waals surface area (Å²) in [6.07, 6.45) is 3.95. The van der Waals surface area contributed by atoms with Crippen molar-refractivity contribution in [1.29, 1.82) is 0 Å². The van der Waals surface area contributed by atoms with Gasteiger partial charge in [0.15, 0.2) is 0 Å². The minimum atomic E-state index is -0.318. The van der Waals surface area contributed by atoms with Crippen LogP contribution in [0, 0.1) is 11.8 Å². The number of hydrogen-bond acceptors (Lipinski definition) is 5. The molecule has 144 valence electrons. The van der Waals surface area contributed by atoms with Crippen LogP contribution in [0.4, 0.5) is 0 Å². The fourth-order valence-electron chi connectivity index (χ4n) is 2.38. The van der Waals surface area contributed by atoms with E-state index in [0.29, 0.717) is 6.47 Å². The first-order valence-corrected chi connectivity index (χ1v) is 9.33. The van der Waals surface area contributed by atoms with E-state index in [-0.39, 0.29) is 5.60 Å². The predicted octanol–water partition coefficient (Wildman–Crippen LogP) is 2.94. The van der Waals surface area contributed by atoms with Crippen molar-refractivity contribution in [3.63, 3.8) is 0 Å². The van der Waals surface area contributed by atoms with Crippen molar-refractivity contribution in [2.24, 2.45) is 11.8 Å². The van der Waals surface area contributed by atoms with E-state index in [1.54, 1.807) is 0 Å². The van der Waals surface area contributed by atoms with Crippen LogP contribution in [0.5, 0.6) is 0 Å². The highest BCUT2D eigenvalue weighted by molar-refractivity contribution is 5.37. The van der Waals surface area contributed by atoms with Gasteiger partial charge in [-0.3, -0.25) is 4.79 Å². The molecule has 0 spiro atoms. The van der Waals surface area contributed by atoms with Crippen molar-refractivity contribution in [3.05, 3.63) is 0 Å². The molecule has 0 aromatic carbocycles. The minimum Gasteiger partial charge on any atom is -0.462 e. The molecule has 1 fully saturated rings.